The molecule has 0 radical (unpaired) electrons. The quantitative estimate of drug-likeness (QED) is 0.537. The molecular formula is C25H25N3O5. The van der Waals surface area contributed by atoms with Gasteiger partial charge in [-0.15, -0.1) is 0 Å². The number of ether oxygens (including phenoxy) is 3. The van der Waals surface area contributed by atoms with E-state index in [1.54, 1.807) is 17.0 Å². The number of hydrogen-bond donors (Lipinski definition) is 0. The number of fused-ring (bicyclic) bond motifs is 2. The van der Waals surface area contributed by atoms with Gasteiger partial charge in [0.25, 0.3) is 0 Å². The number of esters is 1. The Labute approximate surface area is 191 Å². The van der Waals surface area contributed by atoms with Crippen LogP contribution >= 0.6 is 0 Å². The molecule has 1 atom stereocenters. The van der Waals surface area contributed by atoms with Crippen molar-refractivity contribution in [3.63, 3.8) is 0 Å². The largest absolute Gasteiger partial charge is 0.454 e. The van der Waals surface area contributed by atoms with E-state index in [1.165, 1.54) is 0 Å². The van der Waals surface area contributed by atoms with Gasteiger partial charge in [-0.25, -0.2) is 4.79 Å². The summed E-state index contributed by atoms with van der Waals surface area (Å²) in [5, 5.41) is 4.50. The van der Waals surface area contributed by atoms with Gasteiger partial charge < -0.3 is 19.1 Å². The van der Waals surface area contributed by atoms with Gasteiger partial charge in [0.2, 0.25) is 12.7 Å². The van der Waals surface area contributed by atoms with Crippen LogP contribution in [0, 0.1) is 13.8 Å². The number of aryl methyl sites for hydroxylation is 2. The molecule has 1 aromatic heterocycles. The van der Waals surface area contributed by atoms with Crippen LogP contribution in [0.5, 0.6) is 11.5 Å². The van der Waals surface area contributed by atoms with Crippen LogP contribution in [0.2, 0.25) is 0 Å². The number of para-hydroxylation sites is 1. The molecule has 2 aliphatic heterocycles. The molecule has 8 nitrogen and oxygen atoms in total. The van der Waals surface area contributed by atoms with Crippen LogP contribution in [0.4, 0.5) is 0 Å². The lowest BCUT2D eigenvalue weighted by atomic mass is 10.0. The summed E-state index contributed by atoms with van der Waals surface area (Å²) >= 11 is 0. The Balaban J connectivity index is 1.44. The van der Waals surface area contributed by atoms with Crippen molar-refractivity contribution in [2.24, 2.45) is 7.05 Å². The molecule has 8 heteroatoms. The Morgan fingerprint density at radius 1 is 1.12 bits per heavy atom. The topological polar surface area (TPSA) is 82.9 Å². The number of rotatable bonds is 6. The highest BCUT2D eigenvalue weighted by Crippen LogP contribution is 2.37. The highest BCUT2D eigenvalue weighted by molar-refractivity contribution is 5.94. The summed E-state index contributed by atoms with van der Waals surface area (Å²) in [5.41, 5.74) is 5.01. The SMILES string of the molecule is Cc1nn(C)c(C)c1CN(Cc1cccc2c1OCO2)C(=O)CC1OC(=O)c2ccccc21. The van der Waals surface area contributed by atoms with Crippen molar-refractivity contribution in [2.75, 3.05) is 6.79 Å². The minimum Gasteiger partial charge on any atom is -0.454 e. The summed E-state index contributed by atoms with van der Waals surface area (Å²) in [5.74, 6) is 0.823. The predicted octanol–water partition coefficient (Wildman–Crippen LogP) is 3.60. The van der Waals surface area contributed by atoms with E-state index in [1.807, 2.05) is 55.9 Å². The van der Waals surface area contributed by atoms with E-state index >= 15 is 0 Å². The Bertz CT molecular complexity index is 1250. The first-order valence-electron chi connectivity index (χ1n) is 10.9. The number of benzene rings is 2. The molecule has 2 aromatic carbocycles. The van der Waals surface area contributed by atoms with Crippen molar-refractivity contribution in [1.29, 1.82) is 0 Å². The van der Waals surface area contributed by atoms with Crippen LogP contribution in [0.25, 0.3) is 0 Å². The van der Waals surface area contributed by atoms with E-state index in [4.69, 9.17) is 14.2 Å². The van der Waals surface area contributed by atoms with E-state index in [0.717, 1.165) is 28.1 Å². The maximum Gasteiger partial charge on any atom is 0.339 e. The molecule has 0 bridgehead atoms. The highest BCUT2D eigenvalue weighted by Gasteiger charge is 2.34. The number of carbonyl (C=O) groups excluding carboxylic acids is 2. The van der Waals surface area contributed by atoms with Crippen molar-refractivity contribution < 1.29 is 23.8 Å². The smallest absolute Gasteiger partial charge is 0.339 e. The van der Waals surface area contributed by atoms with Gasteiger partial charge in [0.05, 0.1) is 17.7 Å². The zero-order valence-electron chi connectivity index (χ0n) is 18.8. The van der Waals surface area contributed by atoms with Gasteiger partial charge >= 0.3 is 5.97 Å². The monoisotopic (exact) mass is 447 g/mol. The van der Waals surface area contributed by atoms with Crippen LogP contribution < -0.4 is 9.47 Å². The van der Waals surface area contributed by atoms with Gasteiger partial charge in [-0.1, -0.05) is 30.3 Å². The standard InChI is InChI=1S/C25H25N3O5/c1-15-20(16(2)27(3)26-15)13-28(12-17-7-6-10-21-24(17)32-14-31-21)23(29)11-22-18-8-4-5-9-19(18)25(30)33-22/h4-10,22H,11-14H2,1-3H3. The molecule has 3 aromatic rings. The first-order valence-corrected chi connectivity index (χ1v) is 10.9. The fraction of sp³-hybridized carbons (Fsp3) is 0.320. The van der Waals surface area contributed by atoms with E-state index in [-0.39, 0.29) is 25.1 Å². The fourth-order valence-electron chi connectivity index (χ4n) is 4.45. The summed E-state index contributed by atoms with van der Waals surface area (Å²) in [6.45, 7) is 4.82. The predicted molar refractivity (Wildman–Crippen MR) is 119 cm³/mol. The van der Waals surface area contributed by atoms with Crippen LogP contribution in [0.3, 0.4) is 0 Å². The van der Waals surface area contributed by atoms with E-state index < -0.39 is 6.10 Å². The van der Waals surface area contributed by atoms with Gasteiger partial charge in [0.15, 0.2) is 11.5 Å². The third kappa shape index (κ3) is 3.82. The molecule has 0 spiro atoms. The normalized spacial score (nSPS) is 16.0. The molecule has 0 saturated heterocycles. The van der Waals surface area contributed by atoms with Crippen molar-refractivity contribution in [1.82, 2.24) is 14.7 Å². The number of hydrogen-bond acceptors (Lipinski definition) is 6. The molecule has 1 unspecified atom stereocenters. The molecule has 5 rings (SSSR count). The number of aromatic nitrogens is 2. The van der Waals surface area contributed by atoms with Crippen molar-refractivity contribution in [2.45, 2.75) is 39.5 Å². The van der Waals surface area contributed by atoms with E-state index in [0.29, 0.717) is 30.2 Å². The van der Waals surface area contributed by atoms with Gasteiger partial charge in [-0.05, 0) is 26.0 Å². The molecule has 2 aliphatic rings. The molecule has 1 amide bonds. The maximum absolute atomic E-state index is 13.6. The Morgan fingerprint density at radius 3 is 2.73 bits per heavy atom. The summed E-state index contributed by atoms with van der Waals surface area (Å²) in [6.07, 6.45) is -0.533. The first-order chi connectivity index (χ1) is 15.9. The molecule has 0 aliphatic carbocycles. The van der Waals surface area contributed by atoms with Crippen LogP contribution in [-0.2, 0) is 29.7 Å². The first kappa shape index (κ1) is 21.1. The minimum absolute atomic E-state index is 0.0630. The van der Waals surface area contributed by atoms with Crippen molar-refractivity contribution in [3.8, 4) is 11.5 Å². The van der Waals surface area contributed by atoms with E-state index in [9.17, 15) is 9.59 Å². The fourth-order valence-corrected chi connectivity index (χ4v) is 4.45. The zero-order chi connectivity index (χ0) is 23.1. The van der Waals surface area contributed by atoms with Gasteiger partial charge in [-0.2, -0.15) is 5.10 Å². The lowest BCUT2D eigenvalue weighted by Crippen LogP contribution is -2.31. The zero-order valence-corrected chi connectivity index (χ0v) is 18.8. The molecule has 0 N–H and O–H groups in total. The summed E-state index contributed by atoms with van der Waals surface area (Å²) in [6, 6.07) is 12.9. The second kappa shape index (κ2) is 8.27. The molecule has 33 heavy (non-hydrogen) atoms. The maximum atomic E-state index is 13.6. The van der Waals surface area contributed by atoms with Crippen molar-refractivity contribution in [3.05, 3.63) is 76.1 Å². The number of nitrogens with zero attached hydrogens (tertiary/aromatic N) is 3. The number of amides is 1. The Morgan fingerprint density at radius 2 is 1.94 bits per heavy atom. The molecule has 0 fully saturated rings. The lowest BCUT2D eigenvalue weighted by Gasteiger charge is -2.25. The minimum atomic E-state index is -0.596. The second-order valence-electron chi connectivity index (χ2n) is 8.36. The summed E-state index contributed by atoms with van der Waals surface area (Å²) < 4.78 is 18.5. The molecule has 0 saturated carbocycles. The Hall–Kier alpha value is -3.81. The summed E-state index contributed by atoms with van der Waals surface area (Å²) in [4.78, 5) is 27.6. The average molecular weight is 447 g/mol. The lowest BCUT2D eigenvalue weighted by molar-refractivity contribution is -0.134. The summed E-state index contributed by atoms with van der Waals surface area (Å²) in [7, 11) is 1.89. The number of carbonyl (C=O) groups is 2. The highest BCUT2D eigenvalue weighted by atomic mass is 16.7. The molecular weight excluding hydrogens is 422 g/mol. The number of cyclic esters (lactones) is 1. The van der Waals surface area contributed by atoms with Gasteiger partial charge in [-0.3, -0.25) is 9.48 Å². The van der Waals surface area contributed by atoms with Crippen LogP contribution in [-0.4, -0.2) is 33.3 Å². The van der Waals surface area contributed by atoms with Crippen LogP contribution in [0.15, 0.2) is 42.5 Å². The van der Waals surface area contributed by atoms with Gasteiger partial charge in [0.1, 0.15) is 6.10 Å². The Kier molecular flexibility index (Phi) is 5.28. The molecule has 3 heterocycles. The third-order valence-electron chi connectivity index (χ3n) is 6.34. The van der Waals surface area contributed by atoms with E-state index in [2.05, 4.69) is 5.10 Å². The third-order valence-corrected chi connectivity index (χ3v) is 6.34. The van der Waals surface area contributed by atoms with Crippen LogP contribution in [0.1, 0.15) is 51.0 Å². The average Bonchev–Trinajstić information content (AvgIpc) is 3.47. The van der Waals surface area contributed by atoms with Gasteiger partial charge in [0, 0.05) is 42.5 Å². The second-order valence-corrected chi connectivity index (χ2v) is 8.36. The molecule has 170 valence electrons. The van der Waals surface area contributed by atoms with Crippen molar-refractivity contribution >= 4 is 11.9 Å².